The number of rotatable bonds is 5. The van der Waals surface area contributed by atoms with Crippen LogP contribution in [0.5, 0.6) is 0 Å². The second kappa shape index (κ2) is 5.20. The zero-order valence-corrected chi connectivity index (χ0v) is 11.9. The van der Waals surface area contributed by atoms with E-state index in [0.717, 1.165) is 35.6 Å². The molecule has 1 fully saturated rings. The SMILES string of the molecule is c1ccc(NCCc2nc3cccnc3n2C2CC2)cc1. The van der Waals surface area contributed by atoms with Gasteiger partial charge in [-0.25, -0.2) is 9.97 Å². The number of imidazole rings is 1. The third-order valence-electron chi connectivity index (χ3n) is 3.89. The molecule has 1 aliphatic rings. The number of nitrogens with zero attached hydrogens (tertiary/aromatic N) is 3. The molecule has 0 spiro atoms. The van der Waals surface area contributed by atoms with Crippen LogP contribution in [0.4, 0.5) is 5.69 Å². The van der Waals surface area contributed by atoms with Crippen molar-refractivity contribution >= 4 is 16.9 Å². The maximum absolute atomic E-state index is 4.77. The molecule has 4 rings (SSSR count). The van der Waals surface area contributed by atoms with E-state index < -0.39 is 0 Å². The summed E-state index contributed by atoms with van der Waals surface area (Å²) < 4.78 is 2.34. The molecule has 0 atom stereocenters. The average Bonchev–Trinajstić information content (AvgIpc) is 3.29. The Morgan fingerprint density at radius 1 is 1.10 bits per heavy atom. The molecular formula is C17H18N4. The topological polar surface area (TPSA) is 42.7 Å². The van der Waals surface area contributed by atoms with Crippen LogP contribution in [0.2, 0.25) is 0 Å². The largest absolute Gasteiger partial charge is 0.385 e. The Hall–Kier alpha value is -2.36. The van der Waals surface area contributed by atoms with Gasteiger partial charge in [0.2, 0.25) is 0 Å². The first-order valence-corrected chi connectivity index (χ1v) is 7.52. The molecule has 3 aromatic rings. The molecule has 0 saturated heterocycles. The van der Waals surface area contributed by atoms with Crippen molar-refractivity contribution < 1.29 is 0 Å². The van der Waals surface area contributed by atoms with E-state index in [1.54, 1.807) is 0 Å². The molecule has 0 unspecified atom stereocenters. The molecule has 1 saturated carbocycles. The molecule has 106 valence electrons. The summed E-state index contributed by atoms with van der Waals surface area (Å²) in [5.41, 5.74) is 3.21. The zero-order chi connectivity index (χ0) is 14.1. The van der Waals surface area contributed by atoms with Crippen molar-refractivity contribution in [2.24, 2.45) is 0 Å². The van der Waals surface area contributed by atoms with Gasteiger partial charge in [-0.05, 0) is 37.1 Å². The number of anilines is 1. The van der Waals surface area contributed by atoms with Gasteiger partial charge < -0.3 is 9.88 Å². The molecular weight excluding hydrogens is 260 g/mol. The lowest BCUT2D eigenvalue weighted by Crippen LogP contribution is -2.10. The average molecular weight is 278 g/mol. The van der Waals surface area contributed by atoms with Gasteiger partial charge >= 0.3 is 0 Å². The van der Waals surface area contributed by atoms with Gasteiger partial charge in [0, 0.05) is 30.9 Å². The first kappa shape index (κ1) is 12.4. The molecule has 0 amide bonds. The lowest BCUT2D eigenvalue weighted by atomic mass is 10.3. The van der Waals surface area contributed by atoms with E-state index in [-0.39, 0.29) is 0 Å². The minimum absolute atomic E-state index is 0.608. The smallest absolute Gasteiger partial charge is 0.160 e. The van der Waals surface area contributed by atoms with Crippen LogP contribution >= 0.6 is 0 Å². The number of fused-ring (bicyclic) bond motifs is 1. The Bertz CT molecular complexity index is 744. The normalized spacial score (nSPS) is 14.5. The summed E-state index contributed by atoms with van der Waals surface area (Å²) in [6, 6.07) is 14.9. The highest BCUT2D eigenvalue weighted by Crippen LogP contribution is 2.38. The van der Waals surface area contributed by atoms with Gasteiger partial charge in [-0.15, -0.1) is 0 Å². The van der Waals surface area contributed by atoms with Crippen LogP contribution in [0.25, 0.3) is 11.2 Å². The molecule has 4 nitrogen and oxygen atoms in total. The summed E-state index contributed by atoms with van der Waals surface area (Å²) in [6.07, 6.45) is 5.28. The maximum atomic E-state index is 4.77. The molecule has 2 aromatic heterocycles. The van der Waals surface area contributed by atoms with E-state index in [2.05, 4.69) is 33.1 Å². The monoisotopic (exact) mass is 278 g/mol. The van der Waals surface area contributed by atoms with Gasteiger partial charge in [0.05, 0.1) is 0 Å². The fourth-order valence-corrected chi connectivity index (χ4v) is 2.74. The second-order valence-corrected chi connectivity index (χ2v) is 5.52. The Morgan fingerprint density at radius 3 is 2.76 bits per heavy atom. The Labute approximate surface area is 123 Å². The summed E-state index contributed by atoms with van der Waals surface area (Å²) in [5, 5.41) is 3.45. The van der Waals surface area contributed by atoms with Crippen LogP contribution < -0.4 is 5.32 Å². The van der Waals surface area contributed by atoms with Gasteiger partial charge in [-0.3, -0.25) is 0 Å². The molecule has 0 aliphatic heterocycles. The molecule has 4 heteroatoms. The molecule has 0 bridgehead atoms. The third-order valence-corrected chi connectivity index (χ3v) is 3.89. The molecule has 21 heavy (non-hydrogen) atoms. The predicted octanol–water partition coefficient (Wildman–Crippen LogP) is 3.42. The number of aromatic nitrogens is 3. The van der Waals surface area contributed by atoms with Crippen molar-refractivity contribution in [1.82, 2.24) is 14.5 Å². The van der Waals surface area contributed by atoms with E-state index in [1.165, 1.54) is 12.8 Å². The Kier molecular flexibility index (Phi) is 3.07. The van der Waals surface area contributed by atoms with Gasteiger partial charge in [-0.1, -0.05) is 18.2 Å². The first-order valence-electron chi connectivity index (χ1n) is 7.52. The molecule has 2 heterocycles. The molecule has 1 aliphatic carbocycles. The quantitative estimate of drug-likeness (QED) is 0.777. The van der Waals surface area contributed by atoms with E-state index in [0.29, 0.717) is 6.04 Å². The molecule has 1 N–H and O–H groups in total. The second-order valence-electron chi connectivity index (χ2n) is 5.52. The van der Waals surface area contributed by atoms with Crippen molar-refractivity contribution in [3.63, 3.8) is 0 Å². The highest BCUT2D eigenvalue weighted by molar-refractivity contribution is 5.71. The number of hydrogen-bond donors (Lipinski definition) is 1. The van der Waals surface area contributed by atoms with Crippen molar-refractivity contribution in [1.29, 1.82) is 0 Å². The van der Waals surface area contributed by atoms with Crippen LogP contribution in [0, 0.1) is 0 Å². The zero-order valence-electron chi connectivity index (χ0n) is 11.9. The van der Waals surface area contributed by atoms with Gasteiger partial charge in [0.15, 0.2) is 5.65 Å². The standard InChI is InChI=1S/C17H18N4/c1-2-5-13(6-3-1)18-12-10-16-20-15-7-4-11-19-17(15)21(16)14-8-9-14/h1-7,11,14,18H,8-10,12H2. The lowest BCUT2D eigenvalue weighted by Gasteiger charge is -2.08. The van der Waals surface area contributed by atoms with Crippen LogP contribution in [0.15, 0.2) is 48.7 Å². The minimum atomic E-state index is 0.608. The van der Waals surface area contributed by atoms with Crippen LogP contribution in [-0.2, 0) is 6.42 Å². The third kappa shape index (κ3) is 2.49. The maximum Gasteiger partial charge on any atom is 0.160 e. The van der Waals surface area contributed by atoms with Crippen LogP contribution in [0.3, 0.4) is 0 Å². The minimum Gasteiger partial charge on any atom is -0.385 e. The number of benzene rings is 1. The fourth-order valence-electron chi connectivity index (χ4n) is 2.74. The summed E-state index contributed by atoms with van der Waals surface area (Å²) >= 11 is 0. The summed E-state index contributed by atoms with van der Waals surface area (Å²) in [4.78, 5) is 9.27. The van der Waals surface area contributed by atoms with Gasteiger partial charge in [-0.2, -0.15) is 0 Å². The van der Waals surface area contributed by atoms with Crippen molar-refractivity contribution in [2.75, 3.05) is 11.9 Å². The Balaban J connectivity index is 1.54. The molecule has 0 radical (unpaired) electrons. The van der Waals surface area contributed by atoms with E-state index in [4.69, 9.17) is 4.98 Å². The van der Waals surface area contributed by atoms with E-state index in [9.17, 15) is 0 Å². The highest BCUT2D eigenvalue weighted by atomic mass is 15.2. The van der Waals surface area contributed by atoms with Crippen LogP contribution in [0.1, 0.15) is 24.7 Å². The van der Waals surface area contributed by atoms with Crippen molar-refractivity contribution in [3.05, 3.63) is 54.5 Å². The summed E-state index contributed by atoms with van der Waals surface area (Å²) in [7, 11) is 0. The summed E-state index contributed by atoms with van der Waals surface area (Å²) in [6.45, 7) is 0.889. The fraction of sp³-hybridized carbons (Fsp3) is 0.294. The lowest BCUT2D eigenvalue weighted by molar-refractivity contribution is 0.695. The van der Waals surface area contributed by atoms with Crippen LogP contribution in [-0.4, -0.2) is 21.1 Å². The van der Waals surface area contributed by atoms with Crippen molar-refractivity contribution in [3.8, 4) is 0 Å². The number of pyridine rings is 1. The van der Waals surface area contributed by atoms with Gasteiger partial charge in [0.1, 0.15) is 11.3 Å². The predicted molar refractivity (Wildman–Crippen MR) is 84.4 cm³/mol. The van der Waals surface area contributed by atoms with Crippen molar-refractivity contribution in [2.45, 2.75) is 25.3 Å². The van der Waals surface area contributed by atoms with E-state index in [1.807, 2.05) is 30.5 Å². The first-order chi connectivity index (χ1) is 10.4. The number of para-hydroxylation sites is 1. The summed E-state index contributed by atoms with van der Waals surface area (Å²) in [5.74, 6) is 1.15. The van der Waals surface area contributed by atoms with Gasteiger partial charge in [0.25, 0.3) is 0 Å². The Morgan fingerprint density at radius 2 is 1.95 bits per heavy atom. The molecule has 1 aromatic carbocycles. The highest BCUT2D eigenvalue weighted by Gasteiger charge is 2.28. The van der Waals surface area contributed by atoms with E-state index >= 15 is 0 Å². The number of nitrogens with one attached hydrogen (secondary N) is 1. The number of hydrogen-bond acceptors (Lipinski definition) is 3.